The van der Waals surface area contributed by atoms with Crippen molar-refractivity contribution in [1.29, 1.82) is 0 Å². The average Bonchev–Trinajstić information content (AvgIpc) is 2.87. The maximum Gasteiger partial charge on any atom is 0.303 e. The summed E-state index contributed by atoms with van der Waals surface area (Å²) >= 11 is 3.23. The molecule has 0 radical (unpaired) electrons. The molecule has 2 aliphatic rings. The van der Waals surface area contributed by atoms with Gasteiger partial charge in [0.2, 0.25) is 0 Å². The number of rotatable bonds is 11. The number of alkyl halides is 1. The summed E-state index contributed by atoms with van der Waals surface area (Å²) in [6.07, 6.45) is -13.2. The van der Waals surface area contributed by atoms with Gasteiger partial charge in [0.25, 0.3) is 0 Å². The Hall–Kier alpha value is -3.35. The fourth-order valence-electron chi connectivity index (χ4n) is 4.46. The fraction of sp³-hybridized carbons (Fsp3) is 0.731. The Morgan fingerprint density at radius 3 is 1.27 bits per heavy atom. The molecule has 2 rings (SSSR count). The molecule has 0 N–H and O–H groups in total. The summed E-state index contributed by atoms with van der Waals surface area (Å²) in [6.45, 7) is 6.57. The highest BCUT2D eigenvalue weighted by atomic mass is 79.9. The monoisotopic (exact) mass is 698 g/mol. The van der Waals surface area contributed by atoms with Gasteiger partial charge in [-0.1, -0.05) is 15.9 Å². The van der Waals surface area contributed by atoms with Crippen molar-refractivity contribution in [1.82, 2.24) is 0 Å². The van der Waals surface area contributed by atoms with Crippen LogP contribution in [0.1, 0.15) is 48.5 Å². The van der Waals surface area contributed by atoms with E-state index in [1.807, 2.05) is 0 Å². The van der Waals surface area contributed by atoms with E-state index in [0.717, 1.165) is 48.5 Å². The van der Waals surface area contributed by atoms with Crippen molar-refractivity contribution in [2.45, 2.75) is 109 Å². The molecular weight excluding hydrogens is 664 g/mol. The summed E-state index contributed by atoms with van der Waals surface area (Å²) in [7, 11) is 0. The Labute approximate surface area is 260 Å². The van der Waals surface area contributed by atoms with E-state index in [9.17, 15) is 33.6 Å². The van der Waals surface area contributed by atoms with Crippen LogP contribution >= 0.6 is 15.9 Å². The Balaban J connectivity index is 2.66. The van der Waals surface area contributed by atoms with Crippen LogP contribution in [0.5, 0.6) is 0 Å². The van der Waals surface area contributed by atoms with Gasteiger partial charge in [-0.05, 0) is 0 Å². The van der Waals surface area contributed by atoms with Gasteiger partial charge in [0.15, 0.2) is 41.8 Å². The highest BCUT2D eigenvalue weighted by molar-refractivity contribution is 9.09. The molecule has 8 unspecified atom stereocenters. The zero-order chi connectivity index (χ0) is 33.3. The van der Waals surface area contributed by atoms with Gasteiger partial charge < -0.3 is 47.4 Å². The number of hydrogen-bond acceptors (Lipinski definition) is 17. The summed E-state index contributed by atoms with van der Waals surface area (Å²) in [4.78, 5) is 83.8. The molecule has 0 aromatic heterocycles. The van der Waals surface area contributed by atoms with Crippen LogP contribution in [0.3, 0.4) is 0 Å². The molecule has 2 fully saturated rings. The summed E-state index contributed by atoms with van der Waals surface area (Å²) < 4.78 is 55.2. The average molecular weight is 699 g/mol. The van der Waals surface area contributed by atoms with Crippen LogP contribution in [0.4, 0.5) is 0 Å². The molecular formula is C26H35BrO17. The highest BCUT2D eigenvalue weighted by Gasteiger charge is 2.57. The van der Waals surface area contributed by atoms with E-state index in [4.69, 9.17) is 47.4 Å². The summed E-state index contributed by atoms with van der Waals surface area (Å²) in [5, 5.41) is -1.09. The lowest BCUT2D eigenvalue weighted by Gasteiger charge is -2.48. The Kier molecular flexibility index (Phi) is 13.9. The van der Waals surface area contributed by atoms with Crippen LogP contribution in [-0.4, -0.2) is 115 Å². The first-order valence-corrected chi connectivity index (χ1v) is 14.1. The largest absolute Gasteiger partial charge is 0.463 e. The van der Waals surface area contributed by atoms with Crippen LogP contribution in [-0.2, 0) is 80.9 Å². The summed E-state index contributed by atoms with van der Waals surface area (Å²) in [5.41, 5.74) is 0. The minimum Gasteiger partial charge on any atom is -0.463 e. The number of esters is 7. The lowest BCUT2D eigenvalue weighted by atomic mass is 9.96. The van der Waals surface area contributed by atoms with Gasteiger partial charge in [0, 0.05) is 48.5 Å². The van der Waals surface area contributed by atoms with Crippen molar-refractivity contribution in [2.24, 2.45) is 0 Å². The SMILES string of the molecule is CC(=O)OCC1OC(Br)C(OC(C)=O)C(OC(C)=O)[C@H]1OC1OC(COC(C)=O)[C@H](OC(C)=O)C(OC(C)=O)C1OC(C)=O. The first-order chi connectivity index (χ1) is 20.5. The van der Waals surface area contributed by atoms with Crippen molar-refractivity contribution < 1.29 is 80.9 Å². The van der Waals surface area contributed by atoms with Crippen LogP contribution < -0.4 is 0 Å². The van der Waals surface area contributed by atoms with Gasteiger partial charge in [-0.15, -0.1) is 0 Å². The number of carbonyl (C=O) groups is 7. The lowest BCUT2D eigenvalue weighted by molar-refractivity contribution is -0.341. The first-order valence-electron chi connectivity index (χ1n) is 13.2. The van der Waals surface area contributed by atoms with Crippen LogP contribution in [0.15, 0.2) is 0 Å². The van der Waals surface area contributed by atoms with Crippen LogP contribution in [0.25, 0.3) is 0 Å². The predicted molar refractivity (Wildman–Crippen MR) is 142 cm³/mol. The summed E-state index contributed by atoms with van der Waals surface area (Å²) in [5.74, 6) is -5.63. The van der Waals surface area contributed by atoms with E-state index >= 15 is 0 Å². The number of carbonyl (C=O) groups excluding carboxylic acids is 7. The fourth-order valence-corrected chi connectivity index (χ4v) is 5.15. The standard InChI is InChI=1S/C26H35BrO17/c1-10(28)35-8-17-20(21(38-13(4)31)23(25(27)42-17)40-15(6)33)44-26-24(41-16(7)34)22(39-14(5)32)19(37-12(3)30)18(43-26)9-36-11(2)29/h17-26H,8-9H2,1-7H3/t17?,18?,19-,20-,21?,22?,23?,24?,25?,26?/m0/s1. The number of hydrogen-bond donors (Lipinski definition) is 0. The van der Waals surface area contributed by atoms with E-state index in [1.54, 1.807) is 0 Å². The quantitative estimate of drug-likeness (QED) is 0.158. The van der Waals surface area contributed by atoms with Gasteiger partial charge in [-0.3, -0.25) is 33.6 Å². The molecule has 0 aliphatic carbocycles. The van der Waals surface area contributed by atoms with Gasteiger partial charge in [0.05, 0.1) is 0 Å². The molecule has 17 nitrogen and oxygen atoms in total. The van der Waals surface area contributed by atoms with E-state index in [2.05, 4.69) is 15.9 Å². The first kappa shape index (κ1) is 36.8. The molecule has 2 aliphatic heterocycles. The second-order valence-electron chi connectivity index (χ2n) is 9.64. The van der Waals surface area contributed by atoms with Crippen molar-refractivity contribution in [2.75, 3.05) is 13.2 Å². The molecule has 0 spiro atoms. The van der Waals surface area contributed by atoms with Crippen molar-refractivity contribution in [3.63, 3.8) is 0 Å². The normalized spacial score (nSPS) is 31.5. The third-order valence-corrected chi connectivity index (χ3v) is 6.61. The maximum absolute atomic E-state index is 12.2. The van der Waals surface area contributed by atoms with Crippen LogP contribution in [0.2, 0.25) is 0 Å². The highest BCUT2D eigenvalue weighted by Crippen LogP contribution is 2.36. The molecule has 2 heterocycles. The Morgan fingerprint density at radius 1 is 0.477 bits per heavy atom. The van der Waals surface area contributed by atoms with E-state index in [0.29, 0.717) is 0 Å². The van der Waals surface area contributed by atoms with Crippen molar-refractivity contribution in [3.05, 3.63) is 0 Å². The topological polar surface area (TPSA) is 212 Å². The Bertz CT molecular complexity index is 1090. The minimum atomic E-state index is -1.73. The second kappa shape index (κ2) is 16.6. The van der Waals surface area contributed by atoms with Gasteiger partial charge in [0.1, 0.15) is 31.5 Å². The molecule has 248 valence electrons. The van der Waals surface area contributed by atoms with E-state index < -0.39 is 115 Å². The lowest BCUT2D eigenvalue weighted by Crippen LogP contribution is -2.66. The van der Waals surface area contributed by atoms with Gasteiger partial charge in [-0.25, -0.2) is 0 Å². The van der Waals surface area contributed by atoms with Gasteiger partial charge in [-0.2, -0.15) is 0 Å². The smallest absolute Gasteiger partial charge is 0.303 e. The molecule has 0 saturated carbocycles. The minimum absolute atomic E-state index is 0.460. The zero-order valence-electron chi connectivity index (χ0n) is 25.0. The second-order valence-corrected chi connectivity index (χ2v) is 10.5. The molecule has 0 aromatic carbocycles. The number of ether oxygens (including phenoxy) is 10. The predicted octanol–water partition coefficient (Wildman–Crippen LogP) is 0.00100. The van der Waals surface area contributed by atoms with Crippen LogP contribution in [0, 0.1) is 0 Å². The molecule has 10 atom stereocenters. The van der Waals surface area contributed by atoms with E-state index in [1.165, 1.54) is 0 Å². The molecule has 0 bridgehead atoms. The number of halogens is 1. The maximum atomic E-state index is 12.2. The van der Waals surface area contributed by atoms with E-state index in [-0.39, 0.29) is 0 Å². The zero-order valence-corrected chi connectivity index (χ0v) is 26.6. The molecule has 44 heavy (non-hydrogen) atoms. The Morgan fingerprint density at radius 2 is 0.841 bits per heavy atom. The molecule has 2 saturated heterocycles. The van der Waals surface area contributed by atoms with Gasteiger partial charge >= 0.3 is 41.8 Å². The third kappa shape index (κ3) is 11.0. The molecule has 18 heteroatoms. The van der Waals surface area contributed by atoms with Crippen molar-refractivity contribution >= 4 is 57.7 Å². The van der Waals surface area contributed by atoms with Crippen molar-refractivity contribution in [3.8, 4) is 0 Å². The molecule has 0 aromatic rings. The third-order valence-electron chi connectivity index (χ3n) is 5.87. The molecule has 0 amide bonds. The summed E-state index contributed by atoms with van der Waals surface area (Å²) in [6, 6.07) is 0.